The van der Waals surface area contributed by atoms with Crippen molar-refractivity contribution >= 4 is 0 Å². The van der Waals surface area contributed by atoms with Gasteiger partial charge in [-0.05, 0) is 52.2 Å². The molecule has 0 aromatic carbocycles. The fraction of sp³-hybridized carbons (Fsp3) is 1.00. The molecule has 2 fully saturated rings. The number of likely N-dealkylation sites (N-methyl/N-ethyl adjacent to an activating group) is 2. The number of nitrogens with zero attached hydrogens (tertiary/aromatic N) is 2. The van der Waals surface area contributed by atoms with Crippen LogP contribution in [0.25, 0.3) is 0 Å². The highest BCUT2D eigenvalue weighted by atomic mass is 15.3. The third-order valence-electron chi connectivity index (χ3n) is 5.38. The molecule has 0 bridgehead atoms. The highest BCUT2D eigenvalue weighted by Gasteiger charge is 2.29. The van der Waals surface area contributed by atoms with Crippen molar-refractivity contribution in [2.75, 3.05) is 40.3 Å². The van der Waals surface area contributed by atoms with E-state index in [1.165, 1.54) is 71.1 Å². The predicted octanol–water partition coefficient (Wildman–Crippen LogP) is 2.57. The molecule has 0 spiro atoms. The van der Waals surface area contributed by atoms with Gasteiger partial charge in [0.05, 0.1) is 0 Å². The Balaban J connectivity index is 1.91. The molecule has 0 aromatic heterocycles. The summed E-state index contributed by atoms with van der Waals surface area (Å²) in [5, 5.41) is 3.88. The average Bonchev–Trinajstić information content (AvgIpc) is 2.48. The standard InChI is InChI=1S/C17H35N3/c1-4-10-18-17(15-8-6-5-7-9-15)13-16-14-19(2)11-12-20(16)3/h15-18H,4-14H2,1-3H3. The van der Waals surface area contributed by atoms with E-state index in [9.17, 15) is 0 Å². The molecule has 1 N–H and O–H groups in total. The van der Waals surface area contributed by atoms with Gasteiger partial charge in [0.2, 0.25) is 0 Å². The van der Waals surface area contributed by atoms with E-state index in [2.05, 4.69) is 36.1 Å². The maximum atomic E-state index is 3.88. The molecule has 1 heterocycles. The SMILES string of the molecule is CCCNC(CC1CN(C)CCN1C)C1CCCCC1. The lowest BCUT2D eigenvalue weighted by molar-refractivity contribution is 0.0906. The van der Waals surface area contributed by atoms with Crippen LogP contribution in [0.15, 0.2) is 0 Å². The van der Waals surface area contributed by atoms with Crippen molar-refractivity contribution in [3.05, 3.63) is 0 Å². The summed E-state index contributed by atoms with van der Waals surface area (Å²) in [4.78, 5) is 5.09. The van der Waals surface area contributed by atoms with E-state index in [0.717, 1.165) is 18.0 Å². The van der Waals surface area contributed by atoms with Gasteiger partial charge >= 0.3 is 0 Å². The predicted molar refractivity (Wildman–Crippen MR) is 87.2 cm³/mol. The lowest BCUT2D eigenvalue weighted by Gasteiger charge is -2.41. The third-order valence-corrected chi connectivity index (χ3v) is 5.38. The summed E-state index contributed by atoms with van der Waals surface area (Å²) in [6, 6.07) is 1.49. The largest absolute Gasteiger partial charge is 0.314 e. The zero-order chi connectivity index (χ0) is 14.4. The molecule has 20 heavy (non-hydrogen) atoms. The van der Waals surface area contributed by atoms with Gasteiger partial charge in [0.1, 0.15) is 0 Å². The van der Waals surface area contributed by atoms with Crippen LogP contribution in [0, 0.1) is 5.92 Å². The average molecular weight is 281 g/mol. The van der Waals surface area contributed by atoms with Crippen molar-refractivity contribution in [2.24, 2.45) is 5.92 Å². The first-order chi connectivity index (χ1) is 9.70. The minimum atomic E-state index is 0.741. The van der Waals surface area contributed by atoms with Gasteiger partial charge in [-0.2, -0.15) is 0 Å². The van der Waals surface area contributed by atoms with Crippen LogP contribution in [-0.2, 0) is 0 Å². The second kappa shape index (κ2) is 8.35. The lowest BCUT2D eigenvalue weighted by Crippen LogP contribution is -2.53. The first-order valence-electron chi connectivity index (χ1n) is 8.83. The Hall–Kier alpha value is -0.120. The molecule has 0 amide bonds. The zero-order valence-electron chi connectivity index (χ0n) is 13.9. The molecule has 2 rings (SSSR count). The number of hydrogen-bond acceptors (Lipinski definition) is 3. The van der Waals surface area contributed by atoms with E-state index >= 15 is 0 Å². The van der Waals surface area contributed by atoms with Crippen LogP contribution >= 0.6 is 0 Å². The molecule has 1 aliphatic heterocycles. The van der Waals surface area contributed by atoms with Crippen molar-refractivity contribution in [1.29, 1.82) is 0 Å². The minimum Gasteiger partial charge on any atom is -0.314 e. The Bertz CT molecular complexity index is 263. The van der Waals surface area contributed by atoms with Crippen molar-refractivity contribution in [2.45, 2.75) is 64.0 Å². The van der Waals surface area contributed by atoms with Crippen LogP contribution in [0.5, 0.6) is 0 Å². The van der Waals surface area contributed by atoms with E-state index in [1.54, 1.807) is 0 Å². The Labute approximate surface area is 126 Å². The highest BCUT2D eigenvalue weighted by molar-refractivity contribution is 4.87. The molecule has 2 atom stereocenters. The van der Waals surface area contributed by atoms with Gasteiger partial charge < -0.3 is 15.1 Å². The second-order valence-corrected chi connectivity index (χ2v) is 7.09. The number of nitrogens with one attached hydrogen (secondary N) is 1. The maximum absolute atomic E-state index is 3.88. The van der Waals surface area contributed by atoms with Gasteiger partial charge in [0.15, 0.2) is 0 Å². The summed E-state index contributed by atoms with van der Waals surface area (Å²) in [6.45, 7) is 7.17. The van der Waals surface area contributed by atoms with Crippen LogP contribution in [0.3, 0.4) is 0 Å². The van der Waals surface area contributed by atoms with Gasteiger partial charge in [-0.25, -0.2) is 0 Å². The molecule has 1 saturated heterocycles. The van der Waals surface area contributed by atoms with Crippen molar-refractivity contribution in [1.82, 2.24) is 15.1 Å². The lowest BCUT2D eigenvalue weighted by atomic mass is 9.81. The number of hydrogen-bond donors (Lipinski definition) is 1. The summed E-state index contributed by atoms with van der Waals surface area (Å²) in [7, 11) is 4.59. The quantitative estimate of drug-likeness (QED) is 0.807. The molecule has 118 valence electrons. The fourth-order valence-electron chi connectivity index (χ4n) is 3.96. The molecule has 3 heteroatoms. The van der Waals surface area contributed by atoms with E-state index in [-0.39, 0.29) is 0 Å². The molecular formula is C17H35N3. The van der Waals surface area contributed by atoms with E-state index < -0.39 is 0 Å². The van der Waals surface area contributed by atoms with Crippen LogP contribution < -0.4 is 5.32 Å². The van der Waals surface area contributed by atoms with E-state index in [0.29, 0.717) is 0 Å². The Morgan fingerprint density at radius 3 is 2.55 bits per heavy atom. The topological polar surface area (TPSA) is 18.5 Å². The smallest absolute Gasteiger partial charge is 0.0235 e. The Morgan fingerprint density at radius 2 is 1.85 bits per heavy atom. The fourth-order valence-corrected chi connectivity index (χ4v) is 3.96. The Morgan fingerprint density at radius 1 is 1.10 bits per heavy atom. The van der Waals surface area contributed by atoms with Gasteiger partial charge in [0.25, 0.3) is 0 Å². The first kappa shape index (κ1) is 16.3. The number of piperazine rings is 1. The molecule has 3 nitrogen and oxygen atoms in total. The molecule has 2 unspecified atom stereocenters. The summed E-state index contributed by atoms with van der Waals surface area (Å²) in [5.74, 6) is 0.927. The van der Waals surface area contributed by atoms with Crippen molar-refractivity contribution < 1.29 is 0 Å². The van der Waals surface area contributed by atoms with Crippen LogP contribution in [0.1, 0.15) is 51.9 Å². The molecule has 0 aromatic rings. The van der Waals surface area contributed by atoms with Gasteiger partial charge in [-0.15, -0.1) is 0 Å². The highest BCUT2D eigenvalue weighted by Crippen LogP contribution is 2.29. The van der Waals surface area contributed by atoms with Gasteiger partial charge in [-0.1, -0.05) is 26.2 Å². The molecular weight excluding hydrogens is 246 g/mol. The third kappa shape index (κ3) is 4.71. The summed E-state index contributed by atoms with van der Waals surface area (Å²) >= 11 is 0. The minimum absolute atomic E-state index is 0.741. The Kier molecular flexibility index (Phi) is 6.79. The van der Waals surface area contributed by atoms with Crippen molar-refractivity contribution in [3.63, 3.8) is 0 Å². The summed E-state index contributed by atoms with van der Waals surface area (Å²) < 4.78 is 0. The second-order valence-electron chi connectivity index (χ2n) is 7.09. The first-order valence-corrected chi connectivity index (χ1v) is 8.83. The van der Waals surface area contributed by atoms with Crippen LogP contribution in [0.4, 0.5) is 0 Å². The van der Waals surface area contributed by atoms with Crippen molar-refractivity contribution in [3.8, 4) is 0 Å². The maximum Gasteiger partial charge on any atom is 0.0235 e. The van der Waals surface area contributed by atoms with Gasteiger partial charge in [-0.3, -0.25) is 0 Å². The molecule has 1 saturated carbocycles. The van der Waals surface area contributed by atoms with E-state index in [4.69, 9.17) is 0 Å². The zero-order valence-corrected chi connectivity index (χ0v) is 13.9. The summed E-state index contributed by atoms with van der Waals surface area (Å²) in [5.41, 5.74) is 0. The molecule has 2 aliphatic rings. The van der Waals surface area contributed by atoms with E-state index in [1.807, 2.05) is 0 Å². The van der Waals surface area contributed by atoms with Crippen LogP contribution in [-0.4, -0.2) is 62.2 Å². The molecule has 0 radical (unpaired) electrons. The van der Waals surface area contributed by atoms with Crippen LogP contribution in [0.2, 0.25) is 0 Å². The molecule has 1 aliphatic carbocycles. The monoisotopic (exact) mass is 281 g/mol. The normalized spacial score (nSPS) is 28.6. The summed E-state index contributed by atoms with van der Waals surface area (Å²) in [6.07, 6.45) is 9.87. The number of rotatable bonds is 6. The van der Waals surface area contributed by atoms with Gasteiger partial charge in [0, 0.05) is 31.7 Å².